The molecule has 0 fully saturated rings. The molecule has 0 aliphatic rings. The van der Waals surface area contributed by atoms with Crippen LogP contribution in [0, 0.1) is 0 Å². The number of rotatable bonds is 7. The molecule has 1 amide bonds. The zero-order chi connectivity index (χ0) is 19.3. The van der Waals surface area contributed by atoms with Crippen molar-refractivity contribution in [3.05, 3.63) is 78.3 Å². The monoisotopic (exact) mass is 402 g/mol. The van der Waals surface area contributed by atoms with Crippen molar-refractivity contribution in [1.29, 1.82) is 0 Å². The van der Waals surface area contributed by atoms with Crippen molar-refractivity contribution in [1.82, 2.24) is 5.32 Å². The fourth-order valence-electron chi connectivity index (χ4n) is 2.34. The predicted molar refractivity (Wildman–Crippen MR) is 105 cm³/mol. The second kappa shape index (κ2) is 8.32. The molecular weight excluding hydrogens is 384 g/mol. The van der Waals surface area contributed by atoms with Crippen molar-refractivity contribution in [2.24, 2.45) is 0 Å². The fourth-order valence-corrected chi connectivity index (χ4v) is 3.81. The van der Waals surface area contributed by atoms with Crippen LogP contribution in [0.2, 0.25) is 0 Å². The second-order valence-corrected chi connectivity index (χ2v) is 8.18. The molecule has 0 aliphatic heterocycles. The average Bonchev–Trinajstić information content (AvgIpc) is 3.20. The fraction of sp³-hybridized carbons (Fsp3) is 0.105. The molecular formula is C19H18N2O4S2. The number of thioether (sulfide) groups is 1. The molecule has 1 heterocycles. The molecule has 0 saturated heterocycles. The maximum atomic E-state index is 12.4. The van der Waals surface area contributed by atoms with Gasteiger partial charge in [0.2, 0.25) is 0 Å². The Kier molecular flexibility index (Phi) is 5.88. The van der Waals surface area contributed by atoms with Gasteiger partial charge >= 0.3 is 0 Å². The molecule has 0 radical (unpaired) electrons. The number of carbonyl (C=O) groups is 1. The van der Waals surface area contributed by atoms with Crippen molar-refractivity contribution < 1.29 is 17.6 Å². The van der Waals surface area contributed by atoms with Gasteiger partial charge in [-0.2, -0.15) is 0 Å². The summed E-state index contributed by atoms with van der Waals surface area (Å²) < 4.78 is 32.6. The average molecular weight is 402 g/mol. The smallest absolute Gasteiger partial charge is 0.261 e. The molecule has 0 atom stereocenters. The molecule has 2 aromatic carbocycles. The Morgan fingerprint density at radius 3 is 2.33 bits per heavy atom. The van der Waals surface area contributed by atoms with E-state index in [1.165, 1.54) is 6.26 Å². The molecule has 0 spiro atoms. The number of amides is 1. The first-order chi connectivity index (χ1) is 13.0. The molecule has 0 aliphatic carbocycles. The van der Waals surface area contributed by atoms with Crippen LogP contribution in [0.15, 0.2) is 81.1 Å². The summed E-state index contributed by atoms with van der Waals surface area (Å²) in [6.45, 7) is 0.284. The predicted octanol–water partition coefficient (Wildman–Crippen LogP) is 3.73. The van der Waals surface area contributed by atoms with E-state index in [0.717, 1.165) is 4.90 Å². The third-order valence-electron chi connectivity index (χ3n) is 3.77. The minimum absolute atomic E-state index is 0.181. The summed E-state index contributed by atoms with van der Waals surface area (Å²) in [4.78, 5) is 13.3. The van der Waals surface area contributed by atoms with Crippen molar-refractivity contribution in [3.63, 3.8) is 0 Å². The Hall–Kier alpha value is -2.71. The number of furan rings is 1. The highest BCUT2D eigenvalue weighted by molar-refractivity contribution is 7.98. The maximum absolute atomic E-state index is 12.4. The van der Waals surface area contributed by atoms with Crippen LogP contribution in [0.3, 0.4) is 0 Å². The summed E-state index contributed by atoms with van der Waals surface area (Å²) in [7, 11) is -3.68. The minimum atomic E-state index is -3.68. The van der Waals surface area contributed by atoms with Crippen molar-refractivity contribution in [3.8, 4) is 0 Å². The van der Waals surface area contributed by atoms with Gasteiger partial charge in [-0.05, 0) is 66.9 Å². The zero-order valence-corrected chi connectivity index (χ0v) is 16.1. The second-order valence-electron chi connectivity index (χ2n) is 5.62. The van der Waals surface area contributed by atoms with Crippen LogP contribution >= 0.6 is 11.8 Å². The summed E-state index contributed by atoms with van der Waals surface area (Å²) in [6, 6.07) is 16.4. The van der Waals surface area contributed by atoms with Gasteiger partial charge in [0, 0.05) is 16.1 Å². The summed E-state index contributed by atoms with van der Waals surface area (Å²) in [5.41, 5.74) is 0.806. The van der Waals surface area contributed by atoms with E-state index in [1.54, 1.807) is 72.4 Å². The van der Waals surface area contributed by atoms with Crippen LogP contribution in [0.1, 0.15) is 16.1 Å². The van der Waals surface area contributed by atoms with Gasteiger partial charge < -0.3 is 9.73 Å². The van der Waals surface area contributed by atoms with E-state index in [0.29, 0.717) is 17.0 Å². The lowest BCUT2D eigenvalue weighted by Gasteiger charge is -2.09. The Morgan fingerprint density at radius 1 is 1.04 bits per heavy atom. The number of benzene rings is 2. The molecule has 2 N–H and O–H groups in total. The largest absolute Gasteiger partial charge is 0.467 e. The van der Waals surface area contributed by atoms with Crippen molar-refractivity contribution >= 4 is 33.4 Å². The highest BCUT2D eigenvalue weighted by atomic mass is 32.2. The SMILES string of the molecule is CSc1ccc(S(=O)(=O)Nc2ccc(C(=O)NCc3ccco3)cc2)cc1. The standard InChI is InChI=1S/C19H18N2O4S2/c1-26-17-8-10-18(11-9-17)27(23,24)21-15-6-4-14(5-7-15)19(22)20-13-16-3-2-12-25-16/h2-12,21H,13H2,1H3,(H,20,22). The van der Waals surface area contributed by atoms with E-state index >= 15 is 0 Å². The van der Waals surface area contributed by atoms with Crippen LogP contribution in [-0.4, -0.2) is 20.6 Å². The van der Waals surface area contributed by atoms with Crippen LogP contribution in [0.25, 0.3) is 0 Å². The highest BCUT2D eigenvalue weighted by Gasteiger charge is 2.14. The minimum Gasteiger partial charge on any atom is -0.467 e. The van der Waals surface area contributed by atoms with Crippen molar-refractivity contribution in [2.75, 3.05) is 11.0 Å². The van der Waals surface area contributed by atoms with Crippen LogP contribution in [0.4, 0.5) is 5.69 Å². The summed E-state index contributed by atoms with van der Waals surface area (Å²) in [6.07, 6.45) is 3.46. The molecule has 1 aromatic heterocycles. The molecule has 3 aromatic rings. The maximum Gasteiger partial charge on any atom is 0.261 e. The van der Waals surface area contributed by atoms with Crippen LogP contribution in [-0.2, 0) is 16.6 Å². The first-order valence-corrected chi connectivity index (χ1v) is 10.8. The topological polar surface area (TPSA) is 88.4 Å². The van der Waals surface area contributed by atoms with E-state index in [2.05, 4.69) is 10.0 Å². The number of anilines is 1. The van der Waals surface area contributed by atoms with Gasteiger partial charge in [0.05, 0.1) is 17.7 Å². The Bertz CT molecular complexity index is 997. The molecule has 140 valence electrons. The van der Waals surface area contributed by atoms with Gasteiger partial charge in [-0.1, -0.05) is 0 Å². The summed E-state index contributed by atoms with van der Waals surface area (Å²) >= 11 is 1.54. The van der Waals surface area contributed by atoms with Crippen LogP contribution < -0.4 is 10.0 Å². The van der Waals surface area contributed by atoms with Gasteiger partial charge in [-0.3, -0.25) is 9.52 Å². The quantitative estimate of drug-likeness (QED) is 0.588. The Balaban J connectivity index is 1.64. The first-order valence-electron chi connectivity index (χ1n) is 8.05. The van der Waals surface area contributed by atoms with E-state index < -0.39 is 10.0 Å². The molecule has 0 unspecified atom stereocenters. The van der Waals surface area contributed by atoms with E-state index in [4.69, 9.17) is 4.42 Å². The number of sulfonamides is 1. The van der Waals surface area contributed by atoms with Crippen LogP contribution in [0.5, 0.6) is 0 Å². The molecule has 8 heteroatoms. The van der Waals surface area contributed by atoms with Gasteiger partial charge in [-0.15, -0.1) is 11.8 Å². The van der Waals surface area contributed by atoms with E-state index in [-0.39, 0.29) is 17.3 Å². The van der Waals surface area contributed by atoms with Gasteiger partial charge in [0.25, 0.3) is 15.9 Å². The normalized spacial score (nSPS) is 11.1. The third-order valence-corrected chi connectivity index (χ3v) is 5.91. The van der Waals surface area contributed by atoms with Crippen molar-refractivity contribution in [2.45, 2.75) is 16.3 Å². The van der Waals surface area contributed by atoms with Gasteiger partial charge in [0.15, 0.2) is 0 Å². The summed E-state index contributed by atoms with van der Waals surface area (Å²) in [5.74, 6) is 0.383. The number of carbonyl (C=O) groups excluding carboxylic acids is 1. The third kappa shape index (κ3) is 4.93. The van der Waals surface area contributed by atoms with E-state index in [9.17, 15) is 13.2 Å². The number of hydrogen-bond donors (Lipinski definition) is 2. The highest BCUT2D eigenvalue weighted by Crippen LogP contribution is 2.20. The number of hydrogen-bond acceptors (Lipinski definition) is 5. The molecule has 6 nitrogen and oxygen atoms in total. The van der Waals surface area contributed by atoms with E-state index in [1.807, 2.05) is 6.26 Å². The zero-order valence-electron chi connectivity index (χ0n) is 14.5. The lowest BCUT2D eigenvalue weighted by atomic mass is 10.2. The number of nitrogens with one attached hydrogen (secondary N) is 2. The lowest BCUT2D eigenvalue weighted by molar-refractivity contribution is 0.0948. The molecule has 0 saturated carbocycles. The van der Waals surface area contributed by atoms with Gasteiger partial charge in [-0.25, -0.2) is 8.42 Å². The Labute approximate surface area is 162 Å². The molecule has 3 rings (SSSR count). The lowest BCUT2D eigenvalue weighted by Crippen LogP contribution is -2.22. The summed E-state index contributed by atoms with van der Waals surface area (Å²) in [5, 5.41) is 2.73. The van der Waals surface area contributed by atoms with Gasteiger partial charge in [0.1, 0.15) is 5.76 Å². The molecule has 27 heavy (non-hydrogen) atoms. The first kappa shape index (κ1) is 19.1. The Morgan fingerprint density at radius 2 is 1.74 bits per heavy atom. The molecule has 0 bridgehead atoms.